The number of nitrogens with one attached hydrogen (secondary N) is 1. The lowest BCUT2D eigenvalue weighted by molar-refractivity contribution is 0.591. The molecule has 0 aromatic heterocycles. The van der Waals surface area contributed by atoms with Gasteiger partial charge in [-0.3, -0.25) is 0 Å². The van der Waals surface area contributed by atoms with Crippen molar-refractivity contribution in [2.45, 2.75) is 38.6 Å². The second-order valence-corrected chi connectivity index (χ2v) is 6.43. The van der Waals surface area contributed by atoms with Crippen molar-refractivity contribution in [2.75, 3.05) is 7.05 Å². The summed E-state index contributed by atoms with van der Waals surface area (Å²) in [5, 5.41) is 4.31. The molecule has 0 fully saturated rings. The molecule has 0 aliphatic heterocycles. The Labute approximate surface area is 132 Å². The van der Waals surface area contributed by atoms with Gasteiger partial charge in [-0.2, -0.15) is 0 Å². The summed E-state index contributed by atoms with van der Waals surface area (Å²) in [6.07, 6.45) is 4.69. The number of benzene rings is 2. The molecule has 1 atom stereocenters. The van der Waals surface area contributed by atoms with Crippen LogP contribution >= 0.6 is 11.6 Å². The number of halogens is 1. The second-order valence-electron chi connectivity index (χ2n) is 6.02. The molecule has 1 aliphatic carbocycles. The molecule has 1 unspecified atom stereocenters. The van der Waals surface area contributed by atoms with E-state index in [0.717, 1.165) is 11.4 Å². The highest BCUT2D eigenvalue weighted by Gasteiger charge is 2.16. The first-order valence-corrected chi connectivity index (χ1v) is 8.09. The highest BCUT2D eigenvalue weighted by molar-refractivity contribution is 6.31. The summed E-state index contributed by atoms with van der Waals surface area (Å²) in [5.41, 5.74) is 6.85. The van der Waals surface area contributed by atoms with Crippen LogP contribution in [0.15, 0.2) is 36.4 Å². The van der Waals surface area contributed by atoms with Crippen molar-refractivity contribution >= 4 is 11.6 Å². The minimum Gasteiger partial charge on any atom is -0.313 e. The molecular formula is C19H22ClN. The van der Waals surface area contributed by atoms with Gasteiger partial charge < -0.3 is 5.32 Å². The Morgan fingerprint density at radius 2 is 1.90 bits per heavy atom. The Hall–Kier alpha value is -1.31. The van der Waals surface area contributed by atoms with E-state index in [1.807, 2.05) is 13.1 Å². The van der Waals surface area contributed by atoms with Crippen molar-refractivity contribution in [1.29, 1.82) is 0 Å². The zero-order valence-corrected chi connectivity index (χ0v) is 13.5. The Balaban J connectivity index is 1.85. The number of likely N-dealkylation sites (N-methyl/N-ethyl adjacent to an activating group) is 1. The van der Waals surface area contributed by atoms with E-state index in [9.17, 15) is 0 Å². The first-order chi connectivity index (χ1) is 10.2. The van der Waals surface area contributed by atoms with Crippen LogP contribution in [-0.4, -0.2) is 7.05 Å². The van der Waals surface area contributed by atoms with Gasteiger partial charge in [-0.15, -0.1) is 0 Å². The molecule has 110 valence electrons. The van der Waals surface area contributed by atoms with Gasteiger partial charge in [-0.25, -0.2) is 0 Å². The lowest BCUT2D eigenvalue weighted by Gasteiger charge is -2.19. The molecule has 1 N–H and O–H groups in total. The number of fused-ring (bicyclic) bond motifs is 1. The third-order valence-corrected chi connectivity index (χ3v) is 4.86. The molecule has 0 saturated carbocycles. The highest BCUT2D eigenvalue weighted by Crippen LogP contribution is 2.28. The summed E-state index contributed by atoms with van der Waals surface area (Å²) in [7, 11) is 2.03. The Morgan fingerprint density at radius 3 is 2.67 bits per heavy atom. The van der Waals surface area contributed by atoms with Crippen LogP contribution < -0.4 is 5.32 Å². The van der Waals surface area contributed by atoms with Crippen LogP contribution in [0, 0.1) is 6.92 Å². The minimum absolute atomic E-state index is 0.316. The molecule has 3 rings (SSSR count). The largest absolute Gasteiger partial charge is 0.313 e. The zero-order chi connectivity index (χ0) is 14.8. The molecule has 2 heteroatoms. The average molecular weight is 300 g/mol. The lowest BCUT2D eigenvalue weighted by atomic mass is 9.95. The lowest BCUT2D eigenvalue weighted by Crippen LogP contribution is -2.19. The molecule has 1 nitrogen and oxygen atoms in total. The fraction of sp³-hybridized carbons (Fsp3) is 0.368. The van der Waals surface area contributed by atoms with Crippen molar-refractivity contribution in [3.63, 3.8) is 0 Å². The van der Waals surface area contributed by atoms with E-state index in [1.54, 1.807) is 0 Å². The predicted molar refractivity (Wildman–Crippen MR) is 90.2 cm³/mol. The smallest absolute Gasteiger partial charge is 0.0441 e. The molecule has 1 aliphatic rings. The first kappa shape index (κ1) is 14.6. The van der Waals surface area contributed by atoms with Crippen molar-refractivity contribution in [1.82, 2.24) is 5.32 Å². The Morgan fingerprint density at radius 1 is 1.10 bits per heavy atom. The van der Waals surface area contributed by atoms with Gasteiger partial charge in [0.05, 0.1) is 0 Å². The van der Waals surface area contributed by atoms with E-state index >= 15 is 0 Å². The maximum Gasteiger partial charge on any atom is 0.0441 e. The fourth-order valence-electron chi connectivity index (χ4n) is 3.23. The molecule has 0 amide bonds. The van der Waals surface area contributed by atoms with Crippen LogP contribution in [0.5, 0.6) is 0 Å². The third kappa shape index (κ3) is 3.14. The maximum absolute atomic E-state index is 6.38. The average Bonchev–Trinajstić information content (AvgIpc) is 2.94. The van der Waals surface area contributed by atoms with Crippen LogP contribution in [-0.2, 0) is 19.3 Å². The molecule has 2 aromatic rings. The summed E-state index contributed by atoms with van der Waals surface area (Å²) in [5.74, 6) is 0. The summed E-state index contributed by atoms with van der Waals surface area (Å²) < 4.78 is 0. The van der Waals surface area contributed by atoms with E-state index in [1.165, 1.54) is 47.1 Å². The van der Waals surface area contributed by atoms with Crippen LogP contribution in [0.3, 0.4) is 0 Å². The van der Waals surface area contributed by atoms with Gasteiger partial charge in [0.2, 0.25) is 0 Å². The van der Waals surface area contributed by atoms with Crippen molar-refractivity contribution in [2.24, 2.45) is 0 Å². The number of aryl methyl sites for hydroxylation is 3. The normalized spacial score (nSPS) is 15.0. The van der Waals surface area contributed by atoms with Gasteiger partial charge in [0.25, 0.3) is 0 Å². The minimum atomic E-state index is 0.316. The molecule has 2 aromatic carbocycles. The summed E-state index contributed by atoms with van der Waals surface area (Å²) in [6.45, 7) is 2.08. The van der Waals surface area contributed by atoms with E-state index in [4.69, 9.17) is 11.6 Å². The van der Waals surface area contributed by atoms with E-state index < -0.39 is 0 Å². The van der Waals surface area contributed by atoms with Crippen molar-refractivity contribution in [3.05, 3.63) is 69.2 Å². The van der Waals surface area contributed by atoms with Crippen molar-refractivity contribution in [3.8, 4) is 0 Å². The van der Waals surface area contributed by atoms with Crippen LogP contribution in [0.1, 0.15) is 40.3 Å². The van der Waals surface area contributed by atoms with Gasteiger partial charge in [0.1, 0.15) is 0 Å². The molecule has 0 spiro atoms. The molecule has 21 heavy (non-hydrogen) atoms. The van der Waals surface area contributed by atoms with E-state index in [-0.39, 0.29) is 0 Å². The highest BCUT2D eigenvalue weighted by atomic mass is 35.5. The summed E-state index contributed by atoms with van der Waals surface area (Å²) >= 11 is 6.38. The molecule has 0 bridgehead atoms. The van der Waals surface area contributed by atoms with E-state index in [2.05, 4.69) is 42.6 Å². The summed E-state index contributed by atoms with van der Waals surface area (Å²) in [6, 6.07) is 13.6. The maximum atomic E-state index is 6.38. The second kappa shape index (κ2) is 6.21. The molecule has 0 radical (unpaired) electrons. The number of hydrogen-bond acceptors (Lipinski definition) is 1. The van der Waals surface area contributed by atoms with Gasteiger partial charge in [0, 0.05) is 11.1 Å². The number of rotatable bonds is 4. The van der Waals surface area contributed by atoms with Gasteiger partial charge >= 0.3 is 0 Å². The SMILES string of the molecule is CNC(Cc1ccc(C)cc1Cl)c1ccc2c(c1)CCC2. The summed E-state index contributed by atoms with van der Waals surface area (Å²) in [4.78, 5) is 0. The van der Waals surface area contributed by atoms with Gasteiger partial charge in [0.15, 0.2) is 0 Å². The van der Waals surface area contributed by atoms with E-state index in [0.29, 0.717) is 6.04 Å². The molecule has 0 heterocycles. The zero-order valence-electron chi connectivity index (χ0n) is 12.7. The quantitative estimate of drug-likeness (QED) is 0.867. The molecular weight excluding hydrogens is 278 g/mol. The van der Waals surface area contributed by atoms with Crippen molar-refractivity contribution < 1.29 is 0 Å². The number of hydrogen-bond donors (Lipinski definition) is 1. The van der Waals surface area contributed by atoms with Crippen LogP contribution in [0.25, 0.3) is 0 Å². The van der Waals surface area contributed by atoms with Crippen LogP contribution in [0.2, 0.25) is 5.02 Å². The standard InChI is InChI=1S/C19H22ClN/c1-13-6-7-16(18(20)10-13)12-19(21-2)17-9-8-14-4-3-5-15(14)11-17/h6-11,19,21H,3-5,12H2,1-2H3. The predicted octanol–water partition coefficient (Wildman–Crippen LogP) is 4.64. The first-order valence-electron chi connectivity index (χ1n) is 7.71. The molecule has 0 saturated heterocycles. The van der Waals surface area contributed by atoms with Gasteiger partial charge in [-0.1, -0.05) is 41.9 Å². The fourth-order valence-corrected chi connectivity index (χ4v) is 3.55. The third-order valence-electron chi connectivity index (χ3n) is 4.51. The Bertz CT molecular complexity index is 648. The topological polar surface area (TPSA) is 12.0 Å². The van der Waals surface area contributed by atoms with Crippen LogP contribution in [0.4, 0.5) is 0 Å². The van der Waals surface area contributed by atoms with Gasteiger partial charge in [-0.05, 0) is 73.5 Å². The Kier molecular flexibility index (Phi) is 4.32. The monoisotopic (exact) mass is 299 g/mol.